The highest BCUT2D eigenvalue weighted by molar-refractivity contribution is 8.13. The van der Waals surface area contributed by atoms with E-state index >= 15 is 0 Å². The number of aliphatic imine (C=N–C) groups is 1. The molecule has 0 spiro atoms. The van der Waals surface area contributed by atoms with E-state index in [1.54, 1.807) is 12.1 Å². The first kappa shape index (κ1) is 31.2. The normalized spacial score (nSPS) is 19.0. The molecule has 6 nitrogen and oxygen atoms in total. The van der Waals surface area contributed by atoms with Crippen molar-refractivity contribution < 1.29 is 18.8 Å². The zero-order chi connectivity index (χ0) is 28.5. The monoisotopic (exact) mass is 624 g/mol. The minimum atomic E-state index is -0.654. The summed E-state index contributed by atoms with van der Waals surface area (Å²) in [6.45, 7) is 4.24. The quantitative estimate of drug-likeness (QED) is 0.114. The lowest BCUT2D eigenvalue weighted by Crippen LogP contribution is -2.49. The number of carbonyl (C=O) groups is 1. The Balaban J connectivity index is 1.55. The summed E-state index contributed by atoms with van der Waals surface area (Å²) in [4.78, 5) is 18.5. The van der Waals surface area contributed by atoms with Gasteiger partial charge in [-0.25, -0.2) is 14.2 Å². The Morgan fingerprint density at radius 1 is 1.07 bits per heavy atom. The molecular weight excluding hydrogens is 589 g/mol. The van der Waals surface area contributed by atoms with Crippen LogP contribution in [0.15, 0.2) is 64.8 Å². The molecule has 2 heterocycles. The minimum absolute atomic E-state index is 0.162. The van der Waals surface area contributed by atoms with Crippen LogP contribution in [0, 0.1) is 0 Å². The van der Waals surface area contributed by atoms with Crippen LogP contribution in [0.25, 0.3) is 0 Å². The van der Waals surface area contributed by atoms with E-state index in [0.717, 1.165) is 36.1 Å². The first-order valence-corrected chi connectivity index (χ1v) is 16.0. The largest absolute Gasteiger partial charge is 0.462 e. The molecule has 0 aliphatic carbocycles. The summed E-state index contributed by atoms with van der Waals surface area (Å²) in [6.07, 6.45) is 7.20. The summed E-state index contributed by atoms with van der Waals surface area (Å²) in [5, 5.41) is 1.38. The molecule has 10 heteroatoms. The number of piperidine rings is 1. The predicted octanol–water partition coefficient (Wildman–Crippen LogP) is 7.30. The van der Waals surface area contributed by atoms with E-state index in [-0.39, 0.29) is 13.2 Å². The number of ether oxygens (including phenoxy) is 2. The molecule has 2 aliphatic rings. The average molecular weight is 626 g/mol. The summed E-state index contributed by atoms with van der Waals surface area (Å²) in [5.41, 5.74) is 2.81. The van der Waals surface area contributed by atoms with Gasteiger partial charge in [-0.3, -0.25) is 0 Å². The molecule has 1 unspecified atom stereocenters. The van der Waals surface area contributed by atoms with Crippen molar-refractivity contribution in [3.63, 3.8) is 0 Å². The topological polar surface area (TPSA) is 51.1 Å². The molecule has 40 heavy (non-hydrogen) atoms. The highest BCUT2D eigenvalue weighted by atomic mass is 35.5. The van der Waals surface area contributed by atoms with Gasteiger partial charge in [0.15, 0.2) is 5.17 Å². The summed E-state index contributed by atoms with van der Waals surface area (Å²) in [7, 11) is 2.29. The Bertz CT molecular complexity index is 1220. The van der Waals surface area contributed by atoms with Crippen molar-refractivity contribution in [2.45, 2.75) is 38.1 Å². The molecule has 2 aromatic rings. The van der Waals surface area contributed by atoms with Crippen LogP contribution < -0.4 is 0 Å². The molecule has 1 fully saturated rings. The van der Waals surface area contributed by atoms with Crippen LogP contribution >= 0.6 is 46.7 Å². The number of hydrogen-bond acceptors (Lipinski definition) is 6. The lowest BCUT2D eigenvalue weighted by atomic mass is 9.96. The molecule has 1 saturated heterocycles. The van der Waals surface area contributed by atoms with Crippen molar-refractivity contribution >= 4 is 57.9 Å². The van der Waals surface area contributed by atoms with Crippen molar-refractivity contribution in [1.82, 2.24) is 4.42 Å². The summed E-state index contributed by atoms with van der Waals surface area (Å²) >= 11 is 20.7. The zero-order valence-electron chi connectivity index (χ0n) is 23.1. The van der Waals surface area contributed by atoms with Crippen LogP contribution in [0.3, 0.4) is 0 Å². The van der Waals surface area contributed by atoms with Gasteiger partial charge >= 0.3 is 5.97 Å². The number of esters is 1. The number of benzene rings is 2. The molecule has 0 amide bonds. The van der Waals surface area contributed by atoms with Crippen molar-refractivity contribution in [3.8, 4) is 0 Å². The molecule has 1 atom stereocenters. The van der Waals surface area contributed by atoms with Crippen LogP contribution in [0.2, 0.25) is 10.0 Å². The van der Waals surface area contributed by atoms with Gasteiger partial charge in [0.1, 0.15) is 12.6 Å². The van der Waals surface area contributed by atoms with Gasteiger partial charge in [-0.15, -0.1) is 0 Å². The fourth-order valence-electron chi connectivity index (χ4n) is 5.14. The molecule has 0 aromatic heterocycles. The van der Waals surface area contributed by atoms with Gasteiger partial charge in [-0.1, -0.05) is 71.4 Å². The lowest BCUT2D eigenvalue weighted by molar-refractivity contribution is -0.914. The van der Waals surface area contributed by atoms with Gasteiger partial charge in [-0.05, 0) is 61.6 Å². The molecule has 216 valence electrons. The third-order valence-corrected chi connectivity index (χ3v) is 9.34. The first-order valence-electron chi connectivity index (χ1n) is 13.7. The van der Waals surface area contributed by atoms with Crippen molar-refractivity contribution in [2.24, 2.45) is 4.99 Å². The van der Waals surface area contributed by atoms with Crippen LogP contribution in [-0.2, 0) is 20.7 Å². The highest BCUT2D eigenvalue weighted by Gasteiger charge is 2.36. The van der Waals surface area contributed by atoms with Crippen molar-refractivity contribution in [1.29, 1.82) is 0 Å². The van der Waals surface area contributed by atoms with E-state index in [1.165, 1.54) is 41.0 Å². The maximum Gasteiger partial charge on any atom is 0.338 e. The molecule has 0 N–H and O–H groups in total. The van der Waals surface area contributed by atoms with Crippen molar-refractivity contribution in [2.75, 3.05) is 52.8 Å². The molecule has 2 aliphatic heterocycles. The Morgan fingerprint density at radius 3 is 2.52 bits per heavy atom. The maximum absolute atomic E-state index is 13.7. The lowest BCUT2D eigenvalue weighted by Gasteiger charge is -2.37. The summed E-state index contributed by atoms with van der Waals surface area (Å²) in [6, 6.07) is 14.8. The van der Waals surface area contributed by atoms with E-state index in [1.807, 2.05) is 30.5 Å². The van der Waals surface area contributed by atoms with E-state index in [0.29, 0.717) is 39.5 Å². The number of nitrogens with zero attached hydrogens (tertiary/aromatic N) is 3. The molecule has 0 saturated carbocycles. The third kappa shape index (κ3) is 8.17. The SMILES string of the molecule is CSC1=NC(c2ccc(Cl)c(Cl)c2)C(C(=O)OCCCc2ccccc2)=C(COCC[N+]2(C)CCCCC2)N1Cl. The van der Waals surface area contributed by atoms with Gasteiger partial charge < -0.3 is 14.0 Å². The second-order valence-corrected chi connectivity index (χ2v) is 12.4. The standard InChI is InChI=1S/C30H37Cl3N3O3S/c1-36(15-7-4-8-16-36)17-19-38-21-26-27(29(37)39-18-9-12-22-10-5-3-6-11-22)28(34-30(40-2)35(26)33)23-13-14-24(31)25(32)20-23/h3,5-6,10-11,13-14,20,28H,4,7-9,12,15-19,21H2,1-2H3/q+1. The summed E-state index contributed by atoms with van der Waals surface area (Å²) < 4.78 is 14.4. The third-order valence-electron chi connectivity index (χ3n) is 7.49. The number of aryl methyl sites for hydroxylation is 1. The van der Waals surface area contributed by atoms with Gasteiger partial charge in [0, 0.05) is 11.8 Å². The maximum atomic E-state index is 13.7. The van der Waals surface area contributed by atoms with Gasteiger partial charge in [0.05, 0.1) is 61.3 Å². The number of hydrogen-bond donors (Lipinski definition) is 0. The molecular formula is C30H37Cl3N3O3S+. The number of likely N-dealkylation sites (N-methyl/N-ethyl adjacent to an activating group) is 1. The molecule has 2 aromatic carbocycles. The fraction of sp³-hybridized carbons (Fsp3) is 0.467. The second kappa shape index (κ2) is 14.9. The van der Waals surface area contributed by atoms with E-state index in [9.17, 15) is 4.79 Å². The second-order valence-electron chi connectivity index (χ2n) is 10.5. The Labute approximate surface area is 257 Å². The van der Waals surface area contributed by atoms with Gasteiger partial charge in [-0.2, -0.15) is 0 Å². The Kier molecular flexibility index (Phi) is 11.7. The first-order chi connectivity index (χ1) is 19.3. The highest BCUT2D eigenvalue weighted by Crippen LogP contribution is 2.39. The number of quaternary nitrogens is 1. The molecule has 4 rings (SSSR count). The molecule has 0 radical (unpaired) electrons. The zero-order valence-corrected chi connectivity index (χ0v) is 26.2. The van der Waals surface area contributed by atoms with Crippen LogP contribution in [-0.4, -0.2) is 72.8 Å². The van der Waals surface area contributed by atoms with Gasteiger partial charge in [0.2, 0.25) is 0 Å². The van der Waals surface area contributed by atoms with Gasteiger partial charge in [0.25, 0.3) is 0 Å². The smallest absolute Gasteiger partial charge is 0.338 e. The number of thioether (sulfide) groups is 1. The van der Waals surface area contributed by atoms with Crippen LogP contribution in [0.5, 0.6) is 0 Å². The number of carbonyl (C=O) groups excluding carboxylic acids is 1. The molecule has 0 bridgehead atoms. The minimum Gasteiger partial charge on any atom is -0.462 e. The number of halogens is 3. The number of amidine groups is 1. The van der Waals surface area contributed by atoms with Crippen LogP contribution in [0.1, 0.15) is 42.9 Å². The number of likely N-dealkylation sites (tertiary alicyclic amines) is 1. The van der Waals surface area contributed by atoms with E-state index in [4.69, 9.17) is 49.4 Å². The van der Waals surface area contributed by atoms with E-state index < -0.39 is 12.0 Å². The van der Waals surface area contributed by atoms with E-state index in [2.05, 4.69) is 19.2 Å². The van der Waals surface area contributed by atoms with Crippen LogP contribution in [0.4, 0.5) is 0 Å². The fourth-order valence-corrected chi connectivity index (χ4v) is 6.32. The number of rotatable bonds is 11. The summed E-state index contributed by atoms with van der Waals surface area (Å²) in [5.74, 6) is -0.465. The predicted molar refractivity (Wildman–Crippen MR) is 166 cm³/mol. The Morgan fingerprint density at radius 2 is 1.82 bits per heavy atom. The average Bonchev–Trinajstić information content (AvgIpc) is 2.96. The Hall–Kier alpha value is -1.74. The van der Waals surface area contributed by atoms with Crippen molar-refractivity contribution in [3.05, 3.63) is 81.0 Å².